The number of nitrogens with zero attached hydrogens (tertiary/aromatic N) is 1. The maximum atomic E-state index is 10.6. The first kappa shape index (κ1) is 23.3. The summed E-state index contributed by atoms with van der Waals surface area (Å²) in [5.41, 5.74) is 2.56. The van der Waals surface area contributed by atoms with Gasteiger partial charge in [0, 0.05) is 23.8 Å². The summed E-state index contributed by atoms with van der Waals surface area (Å²) in [5.74, 6) is 1.28. The molecule has 2 aliphatic rings. The lowest BCUT2D eigenvalue weighted by Crippen LogP contribution is -2.17. The highest BCUT2D eigenvalue weighted by Crippen LogP contribution is 2.52. The van der Waals surface area contributed by atoms with E-state index >= 15 is 0 Å². The van der Waals surface area contributed by atoms with E-state index in [0.29, 0.717) is 6.42 Å². The number of ether oxygens (including phenoxy) is 1. The van der Waals surface area contributed by atoms with Gasteiger partial charge in [-0.15, -0.1) is 0 Å². The molecule has 0 amide bonds. The third-order valence-electron chi connectivity index (χ3n) is 6.70. The van der Waals surface area contributed by atoms with Gasteiger partial charge in [-0.3, -0.25) is 0 Å². The zero-order valence-corrected chi connectivity index (χ0v) is 19.1. The van der Waals surface area contributed by atoms with Gasteiger partial charge in [0.1, 0.15) is 11.9 Å². The molecule has 4 heteroatoms. The zero-order valence-electron chi connectivity index (χ0n) is 19.1. The standard InChI is InChI=1S/C26H41NO3/c1-4-5-7-13-20(28)15-16-21-23(29)18-24-25(21)22-14-10-12-19(26(22)30-24)11-8-6-9-17-27(2)3/h10,12,14-16,20-21,23-25,28-29H,4-9,11,13,17-18H2,1-3H3/b16-15+/t20-,21-,23+,24-,25-/m0/s1. The quantitative estimate of drug-likeness (QED) is 0.384. The summed E-state index contributed by atoms with van der Waals surface area (Å²) in [4.78, 5) is 2.24. The molecule has 0 unspecified atom stereocenters. The lowest BCUT2D eigenvalue weighted by atomic mass is 9.86. The van der Waals surface area contributed by atoms with Gasteiger partial charge in [-0.05, 0) is 51.9 Å². The fraction of sp³-hybridized carbons (Fsp3) is 0.692. The van der Waals surface area contributed by atoms with Crippen LogP contribution >= 0.6 is 0 Å². The van der Waals surface area contributed by atoms with Crippen LogP contribution in [0.15, 0.2) is 30.4 Å². The summed E-state index contributed by atoms with van der Waals surface area (Å²) in [7, 11) is 4.25. The Balaban J connectivity index is 1.63. The van der Waals surface area contributed by atoms with E-state index < -0.39 is 12.2 Å². The highest BCUT2D eigenvalue weighted by atomic mass is 16.5. The Hall–Kier alpha value is -1.36. The number of unbranched alkanes of at least 4 members (excludes halogenated alkanes) is 4. The van der Waals surface area contributed by atoms with Crippen LogP contribution in [0.2, 0.25) is 0 Å². The third-order valence-corrected chi connectivity index (χ3v) is 6.70. The fourth-order valence-corrected chi connectivity index (χ4v) is 5.04. The van der Waals surface area contributed by atoms with Crippen LogP contribution in [0.1, 0.15) is 75.3 Å². The molecule has 0 aromatic heterocycles. The number of hydrogen-bond acceptors (Lipinski definition) is 4. The lowest BCUT2D eigenvalue weighted by Gasteiger charge is -2.18. The van der Waals surface area contributed by atoms with Crippen LogP contribution < -0.4 is 4.74 Å². The minimum Gasteiger partial charge on any atom is -0.489 e. The van der Waals surface area contributed by atoms with Gasteiger partial charge >= 0.3 is 0 Å². The molecule has 1 aliphatic carbocycles. The van der Waals surface area contributed by atoms with E-state index in [-0.39, 0.29) is 17.9 Å². The lowest BCUT2D eigenvalue weighted by molar-refractivity contribution is 0.135. The van der Waals surface area contributed by atoms with E-state index in [4.69, 9.17) is 4.74 Å². The van der Waals surface area contributed by atoms with Gasteiger partial charge in [-0.2, -0.15) is 0 Å². The molecule has 1 aromatic rings. The Bertz CT molecular complexity index is 687. The Kier molecular flexibility index (Phi) is 8.79. The van der Waals surface area contributed by atoms with Crippen molar-refractivity contribution in [3.63, 3.8) is 0 Å². The van der Waals surface area contributed by atoms with Crippen molar-refractivity contribution >= 4 is 0 Å². The number of hydrogen-bond donors (Lipinski definition) is 2. The number of fused-ring (bicyclic) bond motifs is 3. The second-order valence-corrected chi connectivity index (χ2v) is 9.46. The maximum absolute atomic E-state index is 10.6. The van der Waals surface area contributed by atoms with Gasteiger partial charge < -0.3 is 19.8 Å². The average molecular weight is 416 g/mol. The molecule has 0 bridgehead atoms. The van der Waals surface area contributed by atoms with E-state index in [9.17, 15) is 10.2 Å². The molecule has 2 N–H and O–H groups in total. The Morgan fingerprint density at radius 2 is 2.00 bits per heavy atom. The summed E-state index contributed by atoms with van der Waals surface area (Å²) in [6.45, 7) is 3.32. The molecule has 1 aliphatic heterocycles. The molecule has 0 radical (unpaired) electrons. The van der Waals surface area contributed by atoms with E-state index in [2.05, 4.69) is 50.2 Å². The van der Waals surface area contributed by atoms with Crippen LogP contribution in [0.25, 0.3) is 0 Å². The van der Waals surface area contributed by atoms with Crippen molar-refractivity contribution in [3.8, 4) is 5.75 Å². The van der Waals surface area contributed by atoms with E-state index in [1.54, 1.807) is 0 Å². The topological polar surface area (TPSA) is 52.9 Å². The first-order valence-corrected chi connectivity index (χ1v) is 12.0. The molecule has 4 nitrogen and oxygen atoms in total. The molecule has 1 heterocycles. The smallest absolute Gasteiger partial charge is 0.126 e. The summed E-state index contributed by atoms with van der Waals surface area (Å²) in [5, 5.41) is 20.9. The number of aryl methyl sites for hydroxylation is 1. The molecule has 0 saturated heterocycles. The number of aliphatic hydroxyl groups is 2. The van der Waals surface area contributed by atoms with Crippen molar-refractivity contribution in [3.05, 3.63) is 41.5 Å². The minimum atomic E-state index is -0.418. The Morgan fingerprint density at radius 1 is 1.17 bits per heavy atom. The van der Waals surface area contributed by atoms with E-state index in [1.807, 2.05) is 6.08 Å². The Labute approximate surface area is 182 Å². The minimum absolute atomic E-state index is 0.0208. The molecular formula is C26H41NO3. The van der Waals surface area contributed by atoms with Crippen molar-refractivity contribution in [2.75, 3.05) is 20.6 Å². The Morgan fingerprint density at radius 3 is 2.77 bits per heavy atom. The molecule has 5 atom stereocenters. The highest BCUT2D eigenvalue weighted by Gasteiger charge is 2.48. The van der Waals surface area contributed by atoms with Crippen LogP contribution in [-0.2, 0) is 6.42 Å². The average Bonchev–Trinajstić information content (AvgIpc) is 3.21. The van der Waals surface area contributed by atoms with Gasteiger partial charge in [0.05, 0.1) is 12.2 Å². The first-order valence-electron chi connectivity index (χ1n) is 12.0. The molecule has 3 rings (SSSR count). The summed E-state index contributed by atoms with van der Waals surface area (Å²) in [6, 6.07) is 6.52. The second kappa shape index (κ2) is 11.3. The van der Waals surface area contributed by atoms with Crippen molar-refractivity contribution < 1.29 is 14.9 Å². The largest absolute Gasteiger partial charge is 0.489 e. The molecule has 30 heavy (non-hydrogen) atoms. The van der Waals surface area contributed by atoms with E-state index in [0.717, 1.165) is 44.4 Å². The summed E-state index contributed by atoms with van der Waals surface area (Å²) >= 11 is 0. The molecule has 168 valence electrons. The summed E-state index contributed by atoms with van der Waals surface area (Å²) in [6.07, 6.45) is 12.7. The van der Waals surface area contributed by atoms with Crippen molar-refractivity contribution in [2.45, 2.75) is 88.9 Å². The zero-order chi connectivity index (χ0) is 21.5. The molecule has 0 spiro atoms. The number of aliphatic hydroxyl groups excluding tert-OH is 2. The van der Waals surface area contributed by atoms with Crippen LogP contribution in [0.4, 0.5) is 0 Å². The van der Waals surface area contributed by atoms with Crippen molar-refractivity contribution in [2.24, 2.45) is 5.92 Å². The monoisotopic (exact) mass is 415 g/mol. The van der Waals surface area contributed by atoms with Gasteiger partial charge in [0.2, 0.25) is 0 Å². The van der Waals surface area contributed by atoms with Gasteiger partial charge in [-0.1, -0.05) is 63.0 Å². The van der Waals surface area contributed by atoms with E-state index in [1.165, 1.54) is 30.4 Å². The summed E-state index contributed by atoms with van der Waals surface area (Å²) < 4.78 is 6.38. The van der Waals surface area contributed by atoms with Crippen LogP contribution in [0.5, 0.6) is 5.75 Å². The van der Waals surface area contributed by atoms with Gasteiger partial charge in [0.25, 0.3) is 0 Å². The van der Waals surface area contributed by atoms with Crippen LogP contribution in [0.3, 0.4) is 0 Å². The molecule has 1 saturated carbocycles. The van der Waals surface area contributed by atoms with Gasteiger partial charge in [0.15, 0.2) is 0 Å². The first-order chi connectivity index (χ1) is 14.5. The maximum Gasteiger partial charge on any atom is 0.126 e. The van der Waals surface area contributed by atoms with Crippen LogP contribution in [0, 0.1) is 5.92 Å². The number of rotatable bonds is 12. The van der Waals surface area contributed by atoms with Crippen molar-refractivity contribution in [1.82, 2.24) is 4.90 Å². The molecular weight excluding hydrogens is 374 g/mol. The second-order valence-electron chi connectivity index (χ2n) is 9.46. The highest BCUT2D eigenvalue weighted by molar-refractivity contribution is 5.49. The molecule has 1 aromatic carbocycles. The third kappa shape index (κ3) is 5.87. The van der Waals surface area contributed by atoms with Gasteiger partial charge in [-0.25, -0.2) is 0 Å². The molecule has 1 fully saturated rings. The van der Waals surface area contributed by atoms with Crippen LogP contribution in [-0.4, -0.2) is 54.1 Å². The van der Waals surface area contributed by atoms with Crippen molar-refractivity contribution in [1.29, 1.82) is 0 Å². The number of benzene rings is 1. The normalized spacial score (nSPS) is 26.2. The predicted octanol–water partition coefficient (Wildman–Crippen LogP) is 4.68. The predicted molar refractivity (Wildman–Crippen MR) is 123 cm³/mol. The fourth-order valence-electron chi connectivity index (χ4n) is 5.04. The number of para-hydroxylation sites is 1. The SMILES string of the molecule is CCCCC[C@H](O)/C=C/[C@@H]1[C@H]2c3cccc(CCCCCN(C)C)c3O[C@H]2C[C@H]1O.